The first-order chi connectivity index (χ1) is 10.4. The van der Waals surface area contributed by atoms with E-state index in [1.807, 2.05) is 0 Å². The molecule has 0 amide bonds. The van der Waals surface area contributed by atoms with Gasteiger partial charge in [0.25, 0.3) is 0 Å². The van der Waals surface area contributed by atoms with Crippen molar-refractivity contribution in [3.63, 3.8) is 0 Å². The van der Waals surface area contributed by atoms with E-state index in [0.29, 0.717) is 0 Å². The number of ether oxygens (including phenoxy) is 1. The maximum atomic E-state index is 13.2. The Kier molecular flexibility index (Phi) is 5.92. The number of carboxylic acids is 1. The highest BCUT2D eigenvalue weighted by atomic mass is 19.3. The van der Waals surface area contributed by atoms with E-state index < -0.39 is 36.3 Å². The zero-order chi connectivity index (χ0) is 17.9. The minimum absolute atomic E-state index is 0.0790. The van der Waals surface area contributed by atoms with E-state index in [1.165, 1.54) is 0 Å². The number of alkyl halides is 6. The molecule has 0 aliphatic heterocycles. The summed E-state index contributed by atoms with van der Waals surface area (Å²) in [7, 11) is 0. The molecule has 134 valence electrons. The number of hydrogen-bond acceptors (Lipinski definition) is 4. The first-order valence-corrected chi connectivity index (χ1v) is 6.96. The first-order valence-electron chi connectivity index (χ1n) is 6.96. The molecule has 0 N–H and O–H groups in total. The maximum absolute atomic E-state index is 13.2. The molecule has 1 aliphatic carbocycles. The molecule has 0 radical (unpaired) electrons. The van der Waals surface area contributed by atoms with Gasteiger partial charge in [-0.25, -0.2) is 4.79 Å². The van der Waals surface area contributed by atoms with Crippen molar-refractivity contribution in [1.82, 2.24) is 0 Å². The summed E-state index contributed by atoms with van der Waals surface area (Å²) in [6.07, 6.45) is 4.51. The molecular formula is C13H15F6O4-. The van der Waals surface area contributed by atoms with Crippen molar-refractivity contribution in [3.8, 4) is 0 Å². The van der Waals surface area contributed by atoms with Crippen LogP contribution in [0.15, 0.2) is 0 Å². The van der Waals surface area contributed by atoms with Crippen LogP contribution in [0.2, 0.25) is 0 Å². The summed E-state index contributed by atoms with van der Waals surface area (Å²) in [5.41, 5.74) is 0. The van der Waals surface area contributed by atoms with Crippen molar-refractivity contribution >= 4 is 11.9 Å². The Labute approximate surface area is 127 Å². The average molecular weight is 349 g/mol. The van der Waals surface area contributed by atoms with E-state index in [9.17, 15) is 41.0 Å². The van der Waals surface area contributed by atoms with Gasteiger partial charge >= 0.3 is 23.7 Å². The van der Waals surface area contributed by atoms with Crippen LogP contribution in [-0.4, -0.2) is 36.3 Å². The van der Waals surface area contributed by atoms with Crippen LogP contribution in [0.25, 0.3) is 0 Å². The molecule has 4 nitrogen and oxygen atoms in total. The van der Waals surface area contributed by atoms with Gasteiger partial charge in [-0.05, 0) is 12.3 Å². The van der Waals surface area contributed by atoms with E-state index in [4.69, 9.17) is 0 Å². The Morgan fingerprint density at radius 2 is 1.48 bits per heavy atom. The van der Waals surface area contributed by atoms with E-state index in [0.717, 1.165) is 32.1 Å². The summed E-state index contributed by atoms with van der Waals surface area (Å²) in [5, 5.41) is 9.93. The van der Waals surface area contributed by atoms with Crippen molar-refractivity contribution < 1.29 is 45.8 Å². The van der Waals surface area contributed by atoms with Crippen molar-refractivity contribution in [2.75, 3.05) is 6.61 Å². The number of halogens is 6. The third kappa shape index (κ3) is 3.89. The molecule has 10 heteroatoms. The lowest BCUT2D eigenvalue weighted by Crippen LogP contribution is -2.64. The minimum atomic E-state index is -6.47. The van der Waals surface area contributed by atoms with E-state index in [1.54, 1.807) is 0 Å². The molecule has 0 aromatic heterocycles. The van der Waals surface area contributed by atoms with Gasteiger partial charge in [0.05, 0.1) is 6.61 Å². The van der Waals surface area contributed by atoms with Crippen LogP contribution >= 0.6 is 0 Å². The van der Waals surface area contributed by atoms with Gasteiger partial charge < -0.3 is 14.6 Å². The monoisotopic (exact) mass is 349 g/mol. The largest absolute Gasteiger partial charge is 0.544 e. The van der Waals surface area contributed by atoms with Gasteiger partial charge in [0.15, 0.2) is 0 Å². The number of rotatable bonds is 7. The molecule has 0 saturated heterocycles. The summed E-state index contributed by atoms with van der Waals surface area (Å²) in [6.45, 7) is -0.633. The van der Waals surface area contributed by atoms with Gasteiger partial charge in [-0.1, -0.05) is 32.1 Å². The number of esters is 1. The van der Waals surface area contributed by atoms with Crippen molar-refractivity contribution in [2.45, 2.75) is 56.3 Å². The van der Waals surface area contributed by atoms with Crippen molar-refractivity contribution in [1.29, 1.82) is 0 Å². The average Bonchev–Trinajstić information content (AvgIpc) is 2.47. The molecule has 1 aliphatic rings. The van der Waals surface area contributed by atoms with Gasteiger partial charge in [0.2, 0.25) is 0 Å². The van der Waals surface area contributed by atoms with E-state index in [2.05, 4.69) is 4.74 Å². The third-order valence-corrected chi connectivity index (χ3v) is 3.79. The molecule has 23 heavy (non-hydrogen) atoms. The molecule has 0 aromatic rings. The highest BCUT2D eigenvalue weighted by Crippen LogP contribution is 2.46. The van der Waals surface area contributed by atoms with E-state index in [-0.39, 0.29) is 12.3 Å². The van der Waals surface area contributed by atoms with Gasteiger partial charge in [-0.2, -0.15) is 26.3 Å². The number of carboxylic acid groups (broad SMARTS) is 1. The molecule has 1 rings (SSSR count). The molecule has 1 saturated carbocycles. The zero-order valence-electron chi connectivity index (χ0n) is 11.9. The Morgan fingerprint density at radius 1 is 0.957 bits per heavy atom. The fraction of sp³-hybridized carbons (Fsp3) is 0.846. The highest BCUT2D eigenvalue weighted by Gasteiger charge is 2.76. The predicted octanol–water partition coefficient (Wildman–Crippen LogP) is 2.16. The Morgan fingerprint density at radius 3 is 1.96 bits per heavy atom. The van der Waals surface area contributed by atoms with Crippen LogP contribution in [0.5, 0.6) is 0 Å². The number of hydrogen-bond donors (Lipinski definition) is 0. The predicted molar refractivity (Wildman–Crippen MR) is 62.0 cm³/mol. The fourth-order valence-corrected chi connectivity index (χ4v) is 2.34. The Balaban J connectivity index is 2.66. The third-order valence-electron chi connectivity index (χ3n) is 3.79. The quantitative estimate of drug-likeness (QED) is 0.522. The first kappa shape index (κ1) is 19.6. The number of aliphatic carboxylic acids is 1. The zero-order valence-corrected chi connectivity index (χ0v) is 11.9. The summed E-state index contributed by atoms with van der Waals surface area (Å²) in [5.74, 6) is -25.2. The Hall–Kier alpha value is -1.48. The topological polar surface area (TPSA) is 66.4 Å². The molecule has 1 fully saturated rings. The summed E-state index contributed by atoms with van der Waals surface area (Å²) in [4.78, 5) is 21.0. The van der Waals surface area contributed by atoms with Gasteiger partial charge in [-0.3, -0.25) is 0 Å². The summed E-state index contributed by atoms with van der Waals surface area (Å²) in [6, 6.07) is 0. The molecule has 0 unspecified atom stereocenters. The van der Waals surface area contributed by atoms with Crippen LogP contribution in [0.1, 0.15) is 38.5 Å². The lowest BCUT2D eigenvalue weighted by molar-refractivity contribution is -0.366. The minimum Gasteiger partial charge on any atom is -0.544 e. The normalized spacial score (nSPS) is 17.8. The van der Waals surface area contributed by atoms with Crippen LogP contribution in [0, 0.1) is 5.92 Å². The molecule has 0 atom stereocenters. The van der Waals surface area contributed by atoms with Crippen molar-refractivity contribution in [2.24, 2.45) is 5.92 Å². The second-order valence-electron chi connectivity index (χ2n) is 5.44. The van der Waals surface area contributed by atoms with E-state index >= 15 is 0 Å². The van der Waals surface area contributed by atoms with Crippen LogP contribution < -0.4 is 5.11 Å². The van der Waals surface area contributed by atoms with Gasteiger partial charge in [0, 0.05) is 0 Å². The SMILES string of the molecule is O=C([O-])C(F)(F)C(F)(F)C(F)(F)C(=O)OCCC1CCCCC1. The summed E-state index contributed by atoms with van der Waals surface area (Å²) >= 11 is 0. The lowest BCUT2D eigenvalue weighted by Gasteiger charge is -2.31. The molecule has 0 aromatic carbocycles. The molecule has 0 spiro atoms. The smallest absolute Gasteiger partial charge is 0.411 e. The lowest BCUT2D eigenvalue weighted by atomic mass is 9.87. The molecule has 0 heterocycles. The Bertz CT molecular complexity index is 446. The van der Waals surface area contributed by atoms with Crippen molar-refractivity contribution in [3.05, 3.63) is 0 Å². The second-order valence-corrected chi connectivity index (χ2v) is 5.44. The molecular weight excluding hydrogens is 334 g/mol. The van der Waals surface area contributed by atoms with Crippen LogP contribution in [0.3, 0.4) is 0 Å². The van der Waals surface area contributed by atoms with Crippen LogP contribution in [-0.2, 0) is 14.3 Å². The number of carbonyl (C=O) groups is 2. The second kappa shape index (κ2) is 6.96. The highest BCUT2D eigenvalue weighted by molar-refractivity contribution is 5.83. The maximum Gasteiger partial charge on any atom is 0.411 e. The standard InChI is InChI=1S/C13H16F6O4/c14-11(15,9(20)21)13(18,19)12(16,17)10(22)23-7-6-8-4-2-1-3-5-8/h8H,1-7H2,(H,20,21)/p-1. The number of carbonyl (C=O) groups excluding carboxylic acids is 2. The fourth-order valence-electron chi connectivity index (χ4n) is 2.34. The van der Waals surface area contributed by atoms with Gasteiger partial charge in [-0.15, -0.1) is 0 Å². The summed E-state index contributed by atoms with van der Waals surface area (Å²) < 4.78 is 81.9. The van der Waals surface area contributed by atoms with Gasteiger partial charge in [0.1, 0.15) is 5.97 Å². The van der Waals surface area contributed by atoms with Crippen LogP contribution in [0.4, 0.5) is 26.3 Å². The molecule has 0 bridgehead atoms.